The Balaban J connectivity index is 1.40. The first-order valence-electron chi connectivity index (χ1n) is 8.98. The van der Waals surface area contributed by atoms with Gasteiger partial charge in [-0.1, -0.05) is 12.1 Å². The molecule has 0 saturated carbocycles. The average Bonchev–Trinajstić information content (AvgIpc) is 3.44. The van der Waals surface area contributed by atoms with Crippen LogP contribution in [0.3, 0.4) is 0 Å². The molecule has 0 N–H and O–H groups in total. The lowest BCUT2D eigenvalue weighted by atomic mass is 10.2. The summed E-state index contributed by atoms with van der Waals surface area (Å²) < 4.78 is 19.9. The molecule has 142 valence electrons. The van der Waals surface area contributed by atoms with Crippen LogP contribution in [-0.2, 0) is 6.54 Å². The van der Waals surface area contributed by atoms with E-state index in [0.717, 1.165) is 38.8 Å². The third kappa shape index (κ3) is 3.65. The van der Waals surface area contributed by atoms with E-state index in [1.54, 1.807) is 23.5 Å². The van der Waals surface area contributed by atoms with Crippen molar-refractivity contribution < 1.29 is 8.81 Å². The molecule has 1 fully saturated rings. The van der Waals surface area contributed by atoms with Gasteiger partial charge in [0.15, 0.2) is 0 Å². The smallest absolute Gasteiger partial charge is 0.283 e. The maximum atomic E-state index is 13.2. The fourth-order valence-corrected chi connectivity index (χ4v) is 5.15. The zero-order valence-electron chi connectivity index (χ0n) is 14.8. The summed E-state index contributed by atoms with van der Waals surface area (Å²) in [6.45, 7) is 2.86. The average molecular weight is 414 g/mol. The number of hydrogen-bond acceptors (Lipinski definition) is 8. The molecule has 1 aromatic carbocycles. The van der Waals surface area contributed by atoms with Gasteiger partial charge in [0, 0.05) is 4.88 Å². The first kappa shape index (κ1) is 17.7. The first-order chi connectivity index (χ1) is 13.7. The minimum atomic E-state index is -0.248. The van der Waals surface area contributed by atoms with Gasteiger partial charge in [-0.05, 0) is 61.5 Å². The number of likely N-dealkylation sites (tertiary alicyclic amines) is 1. The topological polar surface area (TPSA) is 67.9 Å². The fourth-order valence-electron chi connectivity index (χ4n) is 3.22. The summed E-state index contributed by atoms with van der Waals surface area (Å²) in [6.07, 6.45) is 3.99. The normalized spacial score (nSPS) is 14.9. The Labute approximate surface area is 168 Å². The van der Waals surface area contributed by atoms with Gasteiger partial charge in [0.2, 0.25) is 5.89 Å². The number of nitrogens with zero attached hydrogens (tertiary/aromatic N) is 5. The molecular formula is C19H16FN5OS2. The fraction of sp³-hybridized carbons (Fsp3) is 0.263. The van der Waals surface area contributed by atoms with Crippen molar-refractivity contribution in [3.63, 3.8) is 0 Å². The van der Waals surface area contributed by atoms with E-state index in [2.05, 4.69) is 25.1 Å². The second-order valence-electron chi connectivity index (χ2n) is 6.56. The van der Waals surface area contributed by atoms with Crippen molar-refractivity contribution in [2.45, 2.75) is 29.6 Å². The van der Waals surface area contributed by atoms with E-state index in [0.29, 0.717) is 17.7 Å². The largest absolute Gasteiger partial charge is 0.414 e. The van der Waals surface area contributed by atoms with Crippen LogP contribution < -0.4 is 0 Å². The molecule has 0 unspecified atom stereocenters. The zero-order valence-corrected chi connectivity index (χ0v) is 16.5. The van der Waals surface area contributed by atoms with Crippen molar-refractivity contribution in [2.24, 2.45) is 0 Å². The molecule has 0 bridgehead atoms. The molecule has 4 heterocycles. The van der Waals surface area contributed by atoms with Crippen LogP contribution in [0.5, 0.6) is 0 Å². The minimum Gasteiger partial charge on any atom is -0.414 e. The summed E-state index contributed by atoms with van der Waals surface area (Å²) in [5.74, 6) is 0.384. The maximum Gasteiger partial charge on any atom is 0.283 e. The Morgan fingerprint density at radius 3 is 2.75 bits per heavy atom. The van der Waals surface area contributed by atoms with E-state index < -0.39 is 0 Å². The van der Waals surface area contributed by atoms with Gasteiger partial charge in [-0.3, -0.25) is 4.90 Å². The van der Waals surface area contributed by atoms with E-state index >= 15 is 0 Å². The van der Waals surface area contributed by atoms with E-state index in [1.165, 1.54) is 43.1 Å². The highest BCUT2D eigenvalue weighted by molar-refractivity contribution is 7.99. The van der Waals surface area contributed by atoms with Crippen molar-refractivity contribution in [1.29, 1.82) is 0 Å². The molecule has 6 nitrogen and oxygen atoms in total. The van der Waals surface area contributed by atoms with Crippen LogP contribution in [-0.4, -0.2) is 38.2 Å². The molecule has 5 rings (SSSR count). The third-order valence-corrected chi connectivity index (χ3v) is 6.75. The Bertz CT molecular complexity index is 1110. The first-order valence-corrected chi connectivity index (χ1v) is 10.6. The summed E-state index contributed by atoms with van der Waals surface area (Å²) in [7, 11) is 0. The van der Waals surface area contributed by atoms with Crippen LogP contribution >= 0.6 is 23.1 Å². The van der Waals surface area contributed by atoms with Crippen molar-refractivity contribution >= 4 is 33.3 Å². The molecule has 1 saturated heterocycles. The SMILES string of the molecule is Fc1ccc(-c2cc3ncnc(Sc4nnc(CN5CCCC5)o4)c3s2)cc1. The molecule has 4 aromatic rings. The summed E-state index contributed by atoms with van der Waals surface area (Å²) >= 11 is 2.92. The second-order valence-corrected chi connectivity index (χ2v) is 8.55. The van der Waals surface area contributed by atoms with Gasteiger partial charge < -0.3 is 4.42 Å². The lowest BCUT2D eigenvalue weighted by molar-refractivity contribution is 0.278. The van der Waals surface area contributed by atoms with Gasteiger partial charge >= 0.3 is 0 Å². The standard InChI is InChI=1S/C19H16FN5OS2/c20-13-5-3-12(4-6-13)15-9-14-17(27-15)18(22-11-21-14)28-19-24-23-16(26-19)10-25-7-1-2-8-25/h3-6,9,11H,1-2,7-8,10H2. The van der Waals surface area contributed by atoms with Gasteiger partial charge in [0.25, 0.3) is 5.22 Å². The van der Waals surface area contributed by atoms with E-state index in [4.69, 9.17) is 4.42 Å². The van der Waals surface area contributed by atoms with Crippen LogP contribution in [0.25, 0.3) is 20.7 Å². The molecule has 0 radical (unpaired) electrons. The van der Waals surface area contributed by atoms with Gasteiger partial charge in [-0.15, -0.1) is 21.5 Å². The van der Waals surface area contributed by atoms with Gasteiger partial charge in [0.05, 0.1) is 16.8 Å². The Kier molecular flexibility index (Phi) is 4.79. The molecule has 28 heavy (non-hydrogen) atoms. The maximum absolute atomic E-state index is 13.2. The molecule has 1 aliphatic heterocycles. The van der Waals surface area contributed by atoms with E-state index in [1.807, 2.05) is 6.07 Å². The lowest BCUT2D eigenvalue weighted by Gasteiger charge is -2.10. The molecule has 0 aliphatic carbocycles. The minimum absolute atomic E-state index is 0.248. The van der Waals surface area contributed by atoms with Crippen molar-refractivity contribution in [2.75, 3.05) is 13.1 Å². The second kappa shape index (κ2) is 7.57. The number of hydrogen-bond donors (Lipinski definition) is 0. The van der Waals surface area contributed by atoms with Crippen LogP contribution in [0.2, 0.25) is 0 Å². The number of benzene rings is 1. The van der Waals surface area contributed by atoms with Gasteiger partial charge in [-0.25, -0.2) is 14.4 Å². The Hall–Kier alpha value is -2.36. The van der Waals surface area contributed by atoms with E-state index in [-0.39, 0.29) is 5.82 Å². The predicted molar refractivity (Wildman–Crippen MR) is 106 cm³/mol. The Morgan fingerprint density at radius 1 is 1.11 bits per heavy atom. The summed E-state index contributed by atoms with van der Waals surface area (Å²) in [6, 6.07) is 8.44. The molecule has 0 amide bonds. The summed E-state index contributed by atoms with van der Waals surface area (Å²) in [5, 5.41) is 9.57. The lowest BCUT2D eigenvalue weighted by Crippen LogP contribution is -2.18. The Morgan fingerprint density at radius 2 is 1.93 bits per heavy atom. The van der Waals surface area contributed by atoms with Gasteiger partial charge in [0.1, 0.15) is 17.2 Å². The van der Waals surface area contributed by atoms with E-state index in [9.17, 15) is 4.39 Å². The molecule has 3 aromatic heterocycles. The van der Waals surface area contributed by atoms with Crippen molar-refractivity contribution in [1.82, 2.24) is 25.1 Å². The van der Waals surface area contributed by atoms with Crippen molar-refractivity contribution in [3.8, 4) is 10.4 Å². The number of thiophene rings is 1. The molecule has 0 spiro atoms. The molecule has 9 heteroatoms. The highest BCUT2D eigenvalue weighted by Crippen LogP contribution is 2.38. The highest BCUT2D eigenvalue weighted by Gasteiger charge is 2.18. The highest BCUT2D eigenvalue weighted by atomic mass is 32.2. The monoisotopic (exact) mass is 413 g/mol. The van der Waals surface area contributed by atoms with Crippen LogP contribution in [0, 0.1) is 5.82 Å². The number of halogens is 1. The molecular weight excluding hydrogens is 397 g/mol. The molecule has 0 atom stereocenters. The molecule has 1 aliphatic rings. The van der Waals surface area contributed by atoms with Gasteiger partial charge in [-0.2, -0.15) is 0 Å². The zero-order chi connectivity index (χ0) is 18.9. The number of fused-ring (bicyclic) bond motifs is 1. The summed E-state index contributed by atoms with van der Waals surface area (Å²) in [4.78, 5) is 12.1. The third-order valence-electron chi connectivity index (χ3n) is 4.60. The number of rotatable bonds is 5. The van der Waals surface area contributed by atoms with Crippen LogP contribution in [0.4, 0.5) is 4.39 Å². The predicted octanol–water partition coefficient (Wildman–Crippen LogP) is 4.63. The van der Waals surface area contributed by atoms with Crippen LogP contribution in [0.15, 0.2) is 51.3 Å². The van der Waals surface area contributed by atoms with Crippen molar-refractivity contribution in [3.05, 3.63) is 48.4 Å². The quantitative estimate of drug-likeness (QED) is 0.442. The number of aromatic nitrogens is 4. The summed E-state index contributed by atoms with van der Waals surface area (Å²) in [5.41, 5.74) is 1.80. The van der Waals surface area contributed by atoms with Crippen LogP contribution in [0.1, 0.15) is 18.7 Å².